The quantitative estimate of drug-likeness (QED) is 0.848. The number of nitrogens with zero attached hydrogens (tertiary/aromatic N) is 2. The van der Waals surface area contributed by atoms with Crippen molar-refractivity contribution in [2.45, 2.75) is 26.7 Å². The molecular formula is C18H28ClN3O4. The monoisotopic (exact) mass is 385 g/mol. The normalized spacial score (nSPS) is 19.8. The molecule has 2 saturated heterocycles. The number of rotatable bonds is 3. The lowest BCUT2D eigenvalue weighted by atomic mass is 9.78. The van der Waals surface area contributed by atoms with Gasteiger partial charge in [0.2, 0.25) is 5.91 Å². The van der Waals surface area contributed by atoms with Crippen molar-refractivity contribution in [3.8, 4) is 0 Å². The van der Waals surface area contributed by atoms with Crippen LogP contribution in [0.4, 0.5) is 0 Å². The Balaban J connectivity index is 0.00000243. The lowest BCUT2D eigenvalue weighted by molar-refractivity contribution is -0.148. The predicted octanol–water partition coefficient (Wildman–Crippen LogP) is 1.36. The molecule has 0 aliphatic carbocycles. The second-order valence-corrected chi connectivity index (χ2v) is 7.01. The maximum absolute atomic E-state index is 13.0. The molecule has 0 saturated carbocycles. The minimum atomic E-state index is -0.497. The predicted molar refractivity (Wildman–Crippen MR) is 99.5 cm³/mol. The number of amides is 2. The van der Waals surface area contributed by atoms with E-state index in [1.165, 1.54) is 0 Å². The lowest BCUT2D eigenvalue weighted by Gasteiger charge is -2.42. The first-order valence-corrected chi connectivity index (χ1v) is 8.90. The minimum Gasteiger partial charge on any atom is -0.466 e. The highest BCUT2D eigenvalue weighted by Gasteiger charge is 2.42. The van der Waals surface area contributed by atoms with Gasteiger partial charge in [0.05, 0.1) is 11.0 Å². The average Bonchev–Trinajstić information content (AvgIpc) is 2.99. The molecule has 7 nitrogen and oxygen atoms in total. The number of ether oxygens (including phenoxy) is 1. The summed E-state index contributed by atoms with van der Waals surface area (Å²) in [6.07, 6.45) is 1.35. The topological polar surface area (TPSA) is 89.0 Å². The first-order valence-electron chi connectivity index (χ1n) is 8.90. The van der Waals surface area contributed by atoms with E-state index >= 15 is 0 Å². The highest BCUT2D eigenvalue weighted by molar-refractivity contribution is 5.95. The summed E-state index contributed by atoms with van der Waals surface area (Å²) < 4.78 is 10.8. The largest absolute Gasteiger partial charge is 0.466 e. The molecule has 146 valence electrons. The van der Waals surface area contributed by atoms with Gasteiger partial charge in [-0.3, -0.25) is 9.59 Å². The van der Waals surface area contributed by atoms with Crippen LogP contribution in [0.1, 0.15) is 34.7 Å². The van der Waals surface area contributed by atoms with Crippen molar-refractivity contribution >= 4 is 24.2 Å². The first-order chi connectivity index (χ1) is 12.0. The zero-order chi connectivity index (χ0) is 18.0. The molecule has 2 N–H and O–H groups in total. The van der Waals surface area contributed by atoms with Crippen molar-refractivity contribution in [1.82, 2.24) is 9.80 Å². The fourth-order valence-corrected chi connectivity index (χ4v) is 3.73. The van der Waals surface area contributed by atoms with Gasteiger partial charge in [-0.1, -0.05) is 0 Å². The summed E-state index contributed by atoms with van der Waals surface area (Å²) in [4.78, 5) is 29.3. The third-order valence-corrected chi connectivity index (χ3v) is 5.42. The van der Waals surface area contributed by atoms with Gasteiger partial charge in [-0.15, -0.1) is 12.4 Å². The van der Waals surface area contributed by atoms with Gasteiger partial charge in [-0.2, -0.15) is 0 Å². The smallest absolute Gasteiger partial charge is 0.257 e. The number of furan rings is 1. The van der Waals surface area contributed by atoms with Crippen LogP contribution in [0, 0.1) is 19.3 Å². The van der Waals surface area contributed by atoms with Crippen molar-refractivity contribution in [2.75, 3.05) is 45.9 Å². The molecule has 3 rings (SSSR count). The highest BCUT2D eigenvalue weighted by atomic mass is 35.5. The highest BCUT2D eigenvalue weighted by Crippen LogP contribution is 2.32. The second kappa shape index (κ2) is 8.41. The van der Waals surface area contributed by atoms with Gasteiger partial charge in [-0.25, -0.2) is 0 Å². The molecule has 0 unspecified atom stereocenters. The van der Waals surface area contributed by atoms with E-state index in [0.717, 1.165) is 5.76 Å². The molecule has 2 fully saturated rings. The van der Waals surface area contributed by atoms with Crippen LogP contribution in [-0.2, 0) is 9.53 Å². The molecule has 8 heteroatoms. The van der Waals surface area contributed by atoms with E-state index in [1.54, 1.807) is 17.9 Å². The van der Waals surface area contributed by atoms with Gasteiger partial charge in [-0.05, 0) is 32.8 Å². The molecule has 0 aromatic carbocycles. The summed E-state index contributed by atoms with van der Waals surface area (Å²) in [5.74, 6) is 1.46. The van der Waals surface area contributed by atoms with Crippen LogP contribution < -0.4 is 5.73 Å². The van der Waals surface area contributed by atoms with Crippen LogP contribution in [0.2, 0.25) is 0 Å². The van der Waals surface area contributed by atoms with Crippen molar-refractivity contribution in [2.24, 2.45) is 11.1 Å². The number of halogens is 1. The molecule has 0 spiro atoms. The number of piperazine rings is 1. The van der Waals surface area contributed by atoms with Gasteiger partial charge in [0.15, 0.2) is 0 Å². The van der Waals surface area contributed by atoms with Crippen LogP contribution in [0.15, 0.2) is 10.5 Å². The number of carbonyl (C=O) groups is 2. The molecule has 26 heavy (non-hydrogen) atoms. The number of hydrogen-bond donors (Lipinski definition) is 1. The molecule has 1 aromatic heterocycles. The van der Waals surface area contributed by atoms with Crippen LogP contribution in [0.5, 0.6) is 0 Å². The van der Waals surface area contributed by atoms with Crippen molar-refractivity contribution in [3.05, 3.63) is 23.2 Å². The standard InChI is InChI=1S/C18H27N3O4.ClH/c1-13-11-15(14(2)25-13)16(22)20-5-7-21(8-6-20)17(23)18(12-19)3-9-24-10-4-18;/h11H,3-10,12,19H2,1-2H3;1H. The van der Waals surface area contributed by atoms with Gasteiger partial charge in [0.1, 0.15) is 11.5 Å². The lowest BCUT2D eigenvalue weighted by Crippen LogP contribution is -2.57. The number of carbonyl (C=O) groups excluding carboxylic acids is 2. The van der Waals surface area contributed by atoms with Gasteiger partial charge in [0.25, 0.3) is 5.91 Å². The summed E-state index contributed by atoms with van der Waals surface area (Å²) in [5.41, 5.74) is 6.05. The summed E-state index contributed by atoms with van der Waals surface area (Å²) in [7, 11) is 0. The molecule has 2 aliphatic heterocycles. The minimum absolute atomic E-state index is 0. The van der Waals surface area contributed by atoms with E-state index in [1.807, 2.05) is 11.8 Å². The van der Waals surface area contributed by atoms with Crippen molar-refractivity contribution in [1.29, 1.82) is 0 Å². The van der Waals surface area contributed by atoms with Crippen molar-refractivity contribution in [3.63, 3.8) is 0 Å². The fraction of sp³-hybridized carbons (Fsp3) is 0.667. The van der Waals surface area contributed by atoms with Gasteiger partial charge in [0, 0.05) is 45.9 Å². The SMILES string of the molecule is Cc1cc(C(=O)N2CCN(C(=O)C3(CN)CCOCC3)CC2)c(C)o1.Cl. The van der Waals surface area contributed by atoms with E-state index < -0.39 is 5.41 Å². The molecule has 0 radical (unpaired) electrons. The Hall–Kier alpha value is -1.57. The first kappa shape index (κ1) is 20.7. The average molecular weight is 386 g/mol. The number of hydrogen-bond acceptors (Lipinski definition) is 5. The molecule has 0 bridgehead atoms. The summed E-state index contributed by atoms with van der Waals surface area (Å²) in [6.45, 7) is 7.31. The van der Waals surface area contributed by atoms with Crippen LogP contribution >= 0.6 is 12.4 Å². The van der Waals surface area contributed by atoms with E-state index in [-0.39, 0.29) is 24.2 Å². The van der Waals surface area contributed by atoms with Crippen LogP contribution in [0.25, 0.3) is 0 Å². The third kappa shape index (κ3) is 3.89. The maximum Gasteiger partial charge on any atom is 0.257 e. The Labute approximate surface area is 160 Å². The summed E-state index contributed by atoms with van der Waals surface area (Å²) in [5, 5.41) is 0. The Morgan fingerprint density at radius 3 is 2.19 bits per heavy atom. The molecule has 3 heterocycles. The summed E-state index contributed by atoms with van der Waals surface area (Å²) >= 11 is 0. The Morgan fingerprint density at radius 2 is 1.69 bits per heavy atom. The Kier molecular flexibility index (Phi) is 6.71. The molecule has 0 atom stereocenters. The third-order valence-electron chi connectivity index (χ3n) is 5.42. The van der Waals surface area contributed by atoms with E-state index in [9.17, 15) is 9.59 Å². The molecule has 2 aliphatic rings. The zero-order valence-electron chi connectivity index (χ0n) is 15.5. The Morgan fingerprint density at radius 1 is 1.12 bits per heavy atom. The molecule has 2 amide bonds. The molecule has 1 aromatic rings. The van der Waals surface area contributed by atoms with Gasteiger partial charge < -0.3 is 24.7 Å². The number of nitrogens with two attached hydrogens (primary N) is 1. The maximum atomic E-state index is 13.0. The van der Waals surface area contributed by atoms with E-state index in [4.69, 9.17) is 14.9 Å². The van der Waals surface area contributed by atoms with Gasteiger partial charge >= 0.3 is 0 Å². The van der Waals surface area contributed by atoms with Crippen LogP contribution in [0.3, 0.4) is 0 Å². The number of aryl methyl sites for hydroxylation is 2. The van der Waals surface area contributed by atoms with E-state index in [0.29, 0.717) is 70.1 Å². The van der Waals surface area contributed by atoms with Crippen molar-refractivity contribution < 1.29 is 18.7 Å². The summed E-state index contributed by atoms with van der Waals surface area (Å²) in [6, 6.07) is 1.78. The fourth-order valence-electron chi connectivity index (χ4n) is 3.73. The second-order valence-electron chi connectivity index (χ2n) is 7.01. The van der Waals surface area contributed by atoms with Crippen LogP contribution in [-0.4, -0.2) is 67.6 Å². The Bertz CT molecular complexity index is 647. The van der Waals surface area contributed by atoms with E-state index in [2.05, 4.69) is 0 Å². The zero-order valence-corrected chi connectivity index (χ0v) is 16.3. The molecular weight excluding hydrogens is 358 g/mol.